The summed E-state index contributed by atoms with van der Waals surface area (Å²) in [6.45, 7) is 2.61. The monoisotopic (exact) mass is 348 g/mol. The Bertz CT molecular complexity index is 955. The zero-order valence-electron chi connectivity index (χ0n) is 14.3. The van der Waals surface area contributed by atoms with Gasteiger partial charge >= 0.3 is 0 Å². The Morgan fingerprint density at radius 2 is 2.08 bits per heavy atom. The van der Waals surface area contributed by atoms with Crippen molar-refractivity contribution in [3.63, 3.8) is 0 Å². The van der Waals surface area contributed by atoms with Gasteiger partial charge in [0.1, 0.15) is 12.1 Å². The third-order valence-corrected chi connectivity index (χ3v) is 4.66. The van der Waals surface area contributed by atoms with E-state index < -0.39 is 5.82 Å². The highest BCUT2D eigenvalue weighted by atomic mass is 19.1. The number of nitrogens with zero attached hydrogens (tertiary/aromatic N) is 4. The second-order valence-corrected chi connectivity index (χ2v) is 6.30. The van der Waals surface area contributed by atoms with Gasteiger partial charge in [-0.05, 0) is 30.7 Å². The number of rotatable bonds is 2. The molecule has 0 bridgehead atoms. The molecule has 0 aliphatic carbocycles. The third-order valence-electron chi connectivity index (χ3n) is 4.66. The van der Waals surface area contributed by atoms with E-state index in [1.165, 1.54) is 6.07 Å². The number of aryl methyl sites for hydroxylation is 1. The van der Waals surface area contributed by atoms with Crippen molar-refractivity contribution in [2.75, 3.05) is 6.54 Å². The third kappa shape index (κ3) is 2.83. The Kier molecular flexibility index (Phi) is 4.16. The van der Waals surface area contributed by atoms with Gasteiger partial charge in [0, 0.05) is 43.0 Å². The molecular formula is C20H17FN4O. The minimum Gasteiger partial charge on any atom is -0.334 e. The highest BCUT2D eigenvalue weighted by Gasteiger charge is 2.27. The van der Waals surface area contributed by atoms with Crippen LogP contribution in [-0.2, 0) is 13.0 Å². The SMILES string of the molecule is Cc1cccc(F)c1C(=O)N1CCc2ncnc(-c3cccnc3)c2C1. The lowest BCUT2D eigenvalue weighted by Crippen LogP contribution is -2.37. The molecule has 0 saturated carbocycles. The summed E-state index contributed by atoms with van der Waals surface area (Å²) in [6.07, 6.45) is 5.60. The number of benzene rings is 1. The summed E-state index contributed by atoms with van der Waals surface area (Å²) in [5.74, 6) is -0.787. The second-order valence-electron chi connectivity index (χ2n) is 6.30. The summed E-state index contributed by atoms with van der Waals surface area (Å²) in [6, 6.07) is 8.46. The van der Waals surface area contributed by atoms with Crippen molar-refractivity contribution in [1.82, 2.24) is 19.9 Å². The Hall–Kier alpha value is -3.15. The predicted octanol–water partition coefficient (Wildman–Crippen LogP) is 3.18. The number of amides is 1. The molecule has 3 aromatic rings. The van der Waals surface area contributed by atoms with E-state index in [1.54, 1.807) is 42.7 Å². The van der Waals surface area contributed by atoms with Crippen LogP contribution < -0.4 is 0 Å². The van der Waals surface area contributed by atoms with Crippen LogP contribution in [0.5, 0.6) is 0 Å². The van der Waals surface area contributed by atoms with Crippen LogP contribution in [0.4, 0.5) is 4.39 Å². The highest BCUT2D eigenvalue weighted by molar-refractivity contribution is 5.96. The molecule has 1 aromatic carbocycles. The molecule has 3 heterocycles. The van der Waals surface area contributed by atoms with E-state index in [-0.39, 0.29) is 11.5 Å². The van der Waals surface area contributed by atoms with Gasteiger partial charge in [-0.1, -0.05) is 12.1 Å². The maximum Gasteiger partial charge on any atom is 0.257 e. The lowest BCUT2D eigenvalue weighted by Gasteiger charge is -2.29. The molecule has 0 spiro atoms. The van der Waals surface area contributed by atoms with Crippen LogP contribution in [0.1, 0.15) is 27.2 Å². The summed E-state index contributed by atoms with van der Waals surface area (Å²) in [5.41, 5.74) is 4.24. The van der Waals surface area contributed by atoms with E-state index in [0.29, 0.717) is 25.1 Å². The van der Waals surface area contributed by atoms with E-state index in [0.717, 1.165) is 22.5 Å². The maximum absolute atomic E-state index is 14.2. The fourth-order valence-electron chi connectivity index (χ4n) is 3.33. The van der Waals surface area contributed by atoms with Gasteiger partial charge in [-0.25, -0.2) is 14.4 Å². The zero-order chi connectivity index (χ0) is 18.1. The van der Waals surface area contributed by atoms with Crippen LogP contribution in [0.15, 0.2) is 49.1 Å². The molecule has 0 radical (unpaired) electrons. The Morgan fingerprint density at radius 1 is 1.19 bits per heavy atom. The first-order chi connectivity index (χ1) is 12.6. The Balaban J connectivity index is 1.71. The van der Waals surface area contributed by atoms with Gasteiger partial charge in [-0.3, -0.25) is 9.78 Å². The predicted molar refractivity (Wildman–Crippen MR) is 94.8 cm³/mol. The fourth-order valence-corrected chi connectivity index (χ4v) is 3.33. The summed E-state index contributed by atoms with van der Waals surface area (Å²) < 4.78 is 14.2. The van der Waals surface area contributed by atoms with Gasteiger partial charge in [0.15, 0.2) is 0 Å². The maximum atomic E-state index is 14.2. The smallest absolute Gasteiger partial charge is 0.257 e. The molecule has 1 amide bonds. The number of hydrogen-bond acceptors (Lipinski definition) is 4. The fraction of sp³-hybridized carbons (Fsp3) is 0.200. The van der Waals surface area contributed by atoms with Gasteiger partial charge < -0.3 is 4.90 Å². The number of carbonyl (C=O) groups excluding carboxylic acids is 1. The first-order valence-corrected chi connectivity index (χ1v) is 8.42. The number of carbonyl (C=O) groups is 1. The van der Waals surface area contributed by atoms with Crippen molar-refractivity contribution in [2.24, 2.45) is 0 Å². The van der Waals surface area contributed by atoms with E-state index in [1.807, 2.05) is 12.1 Å². The molecule has 4 rings (SSSR count). The highest BCUT2D eigenvalue weighted by Crippen LogP contribution is 2.28. The van der Waals surface area contributed by atoms with E-state index in [2.05, 4.69) is 15.0 Å². The lowest BCUT2D eigenvalue weighted by molar-refractivity contribution is 0.0728. The molecule has 2 aromatic heterocycles. The molecule has 0 fully saturated rings. The molecule has 1 aliphatic rings. The normalized spacial score (nSPS) is 13.4. The average molecular weight is 348 g/mol. The number of aromatic nitrogens is 3. The van der Waals surface area contributed by atoms with Crippen LogP contribution >= 0.6 is 0 Å². The van der Waals surface area contributed by atoms with Gasteiger partial charge in [-0.15, -0.1) is 0 Å². The topological polar surface area (TPSA) is 59.0 Å². The molecule has 130 valence electrons. The first-order valence-electron chi connectivity index (χ1n) is 8.42. The average Bonchev–Trinajstić information content (AvgIpc) is 2.67. The van der Waals surface area contributed by atoms with E-state index in [9.17, 15) is 9.18 Å². The number of halogens is 1. The van der Waals surface area contributed by atoms with Crippen LogP contribution in [0.25, 0.3) is 11.3 Å². The second kappa shape index (κ2) is 6.63. The van der Waals surface area contributed by atoms with Crippen molar-refractivity contribution in [1.29, 1.82) is 0 Å². The molecule has 1 aliphatic heterocycles. The van der Waals surface area contributed by atoms with Gasteiger partial charge in [-0.2, -0.15) is 0 Å². The first kappa shape index (κ1) is 16.3. The van der Waals surface area contributed by atoms with Gasteiger partial charge in [0.05, 0.1) is 17.0 Å². The Morgan fingerprint density at radius 3 is 2.85 bits per heavy atom. The van der Waals surface area contributed by atoms with Crippen LogP contribution in [-0.4, -0.2) is 32.3 Å². The summed E-state index contributed by atoms with van der Waals surface area (Å²) >= 11 is 0. The quantitative estimate of drug-likeness (QED) is 0.714. The zero-order valence-corrected chi connectivity index (χ0v) is 14.3. The summed E-state index contributed by atoms with van der Waals surface area (Å²) in [4.78, 5) is 27.5. The summed E-state index contributed by atoms with van der Waals surface area (Å²) in [7, 11) is 0. The minimum absolute atomic E-state index is 0.135. The lowest BCUT2D eigenvalue weighted by atomic mass is 9.99. The number of pyridine rings is 1. The van der Waals surface area contributed by atoms with E-state index >= 15 is 0 Å². The minimum atomic E-state index is -0.488. The largest absolute Gasteiger partial charge is 0.334 e. The molecule has 6 heteroatoms. The van der Waals surface area contributed by atoms with Gasteiger partial charge in [0.25, 0.3) is 5.91 Å². The number of hydrogen-bond donors (Lipinski definition) is 0. The summed E-state index contributed by atoms with van der Waals surface area (Å²) in [5, 5.41) is 0. The number of fused-ring (bicyclic) bond motifs is 1. The molecule has 0 atom stereocenters. The van der Waals surface area contributed by atoms with Crippen molar-refractivity contribution in [3.05, 3.63) is 77.3 Å². The molecule has 0 saturated heterocycles. The molecule has 0 N–H and O–H groups in total. The van der Waals surface area contributed by atoms with Crippen LogP contribution in [0.2, 0.25) is 0 Å². The molecule has 0 unspecified atom stereocenters. The van der Waals surface area contributed by atoms with Gasteiger partial charge in [0.2, 0.25) is 0 Å². The van der Waals surface area contributed by atoms with Crippen molar-refractivity contribution in [2.45, 2.75) is 19.9 Å². The van der Waals surface area contributed by atoms with Crippen molar-refractivity contribution in [3.8, 4) is 11.3 Å². The van der Waals surface area contributed by atoms with Crippen molar-refractivity contribution >= 4 is 5.91 Å². The Labute approximate surface area is 150 Å². The van der Waals surface area contributed by atoms with Crippen LogP contribution in [0, 0.1) is 12.7 Å². The molecule has 26 heavy (non-hydrogen) atoms. The van der Waals surface area contributed by atoms with Crippen LogP contribution in [0.3, 0.4) is 0 Å². The van der Waals surface area contributed by atoms with E-state index in [4.69, 9.17) is 0 Å². The van der Waals surface area contributed by atoms with Crippen molar-refractivity contribution < 1.29 is 9.18 Å². The standard InChI is InChI=1S/C20H17FN4O/c1-13-4-2-6-16(21)18(13)20(26)25-9-7-17-15(11-25)19(24-12-23-17)14-5-3-8-22-10-14/h2-6,8,10,12H,7,9,11H2,1H3. The molecule has 5 nitrogen and oxygen atoms in total. The molecular weight excluding hydrogens is 331 g/mol.